The number of aliphatic hydroxyl groups is 3. The third kappa shape index (κ3) is 33.3. The fourth-order valence-electron chi connectivity index (χ4n) is 28.0. The van der Waals surface area contributed by atoms with Crippen molar-refractivity contribution in [3.8, 4) is 23.0 Å². The third-order valence-electron chi connectivity index (χ3n) is 39.1. The number of hydrogen-bond acceptors (Lipinski definition) is 7. The van der Waals surface area contributed by atoms with E-state index >= 15 is 0 Å². The smallest absolute Gasteiger partial charge is 0.127 e. The first kappa shape index (κ1) is 121. The normalized spacial score (nSPS) is 29.2. The summed E-state index contributed by atoms with van der Waals surface area (Å²) in [6.45, 7) is 78.4. The molecule has 2 aromatic rings. The second kappa shape index (κ2) is 55.3. The first-order chi connectivity index (χ1) is 66.3. The first-order valence-electron chi connectivity index (χ1n) is 58.8. The first-order valence-corrected chi connectivity index (χ1v) is 58.8. The molecular weight excluding hydrogens is 1720 g/mol. The molecule has 0 radical (unpaired) electrons. The highest BCUT2D eigenvalue weighted by molar-refractivity contribution is 5.60. The zero-order chi connectivity index (χ0) is 104. The molecule has 8 aliphatic carbocycles. The summed E-state index contributed by atoms with van der Waals surface area (Å²) < 4.78 is 13.2. The van der Waals surface area contributed by atoms with Crippen molar-refractivity contribution in [1.82, 2.24) is 0 Å². The van der Waals surface area contributed by atoms with Crippen LogP contribution in [-0.4, -0.2) is 55.5 Å². The van der Waals surface area contributed by atoms with E-state index in [9.17, 15) is 20.4 Å². The highest BCUT2D eigenvalue weighted by Gasteiger charge is 2.59. The second-order valence-corrected chi connectivity index (χ2v) is 52.8. The summed E-state index contributed by atoms with van der Waals surface area (Å²) in [4.78, 5) is 0. The Morgan fingerprint density at radius 3 is 1.48 bits per heavy atom. The van der Waals surface area contributed by atoms with Crippen LogP contribution >= 0.6 is 0 Å². The Labute approximate surface area is 870 Å². The lowest BCUT2D eigenvalue weighted by atomic mass is 9.50. The van der Waals surface area contributed by atoms with Crippen molar-refractivity contribution < 1.29 is 35.0 Å². The Kier molecular flexibility index (Phi) is 47.4. The third-order valence-corrected chi connectivity index (χ3v) is 39.1. The fraction of sp³-hybridized carbons (Fsp3) is 0.746. The van der Waals surface area contributed by atoms with E-state index in [0.717, 1.165) is 198 Å². The standard InChI is InChI=1S/2C29H50O2.C28H44O.C28H46O.C20H30O/c2*1-20(2)12-9-13-21(3)14-10-15-22(4)16-11-18-29(8)19-17-26-25(7)27(30)23(5)24(6)28(26)31-29;1-18(2)19(3)7-8-20(4)24-11-12-25-23-10-9-21-17-22(29)13-15-27(21,5)26(23)14-16-28(24,25)6;1-20(2)9-7-10-22(4)26-16-18-27(5)24(11-8-17-28(26,27)6)14-13-23-19-25(29)15-12-21(23)3;1-16(8-6-9-17(2)13-15-21)11-12-19-18(3)10-7-14-20(19,4)5/h2*20-22,30H,9-19H2,1-8H3;7-10,18-20,22,24-26,29H,11-17H2,1-6H3;13-14,20,22,25-26,29H,3,7-12,15-19H2,1-2,4-6H3;6,8-9,11-13,21H,7,10,14-15H2,1-5H3/b;;8-7+;23-13-,24-14+;9-6+,12-11+,16-8+,17-13+/t2*21-,22-,29-;19-,20+,22-,24+,25?,26?,27+,28+;22-,25+,26-,27+,28-;/m1101./s1. The lowest BCUT2D eigenvalue weighted by Gasteiger charge is -2.55. The van der Waals surface area contributed by atoms with Crippen molar-refractivity contribution in [3.63, 3.8) is 0 Å². The van der Waals surface area contributed by atoms with Crippen LogP contribution in [-0.2, 0) is 12.8 Å². The van der Waals surface area contributed by atoms with Gasteiger partial charge in [0.15, 0.2) is 0 Å². The van der Waals surface area contributed by atoms with E-state index in [0.29, 0.717) is 50.4 Å². The van der Waals surface area contributed by atoms with Crippen molar-refractivity contribution in [3.05, 3.63) is 174 Å². The SMILES string of the molecule is C=C1CC[C@H](O)C/C1=C/C=C1\CCC[C@]2(C)[C@@H]([C@H](C)CCCC(C)C)CC[C@@]12C.CC(C)[C@@H](C)/C=C/[C@@H](C)[C@H]1CCC2C3=CC=C4C[C@@H](O)CC[C@@]4(C)C3CC[C@@]21C.CC1=C(/C=C/C(C)=C/C=C/C(C)=C/CO)C(C)(C)CCC1.Cc1c(C)c2c(c(C)c1O)CC[C@@](C)(CCC[C@H](C)CCC[C@H](C)CCCC(C)C)O2.Cc1c(C)c2c(c(C)c1O)CC[C@@](C)(CCC[C@H](C)CCC[C@H](C)CCCC(C)C)O2. The number of hydrogen-bond donors (Lipinski definition) is 5. The Hall–Kier alpha value is -5.34. The van der Waals surface area contributed by atoms with Crippen molar-refractivity contribution in [2.24, 2.45) is 116 Å². The van der Waals surface area contributed by atoms with E-state index in [1.165, 1.54) is 250 Å². The molecule has 2 aromatic carbocycles. The van der Waals surface area contributed by atoms with E-state index < -0.39 is 0 Å². The van der Waals surface area contributed by atoms with Crippen LogP contribution < -0.4 is 9.47 Å². The quantitative estimate of drug-likeness (QED) is 0.0334. The molecule has 141 heavy (non-hydrogen) atoms. The molecule has 0 bridgehead atoms. The van der Waals surface area contributed by atoms with Gasteiger partial charge in [-0.1, -0.05) is 373 Å². The van der Waals surface area contributed by atoms with Gasteiger partial charge in [0.05, 0.1) is 18.8 Å². The Morgan fingerprint density at radius 2 is 0.972 bits per heavy atom. The predicted molar refractivity (Wildman–Crippen MR) is 611 cm³/mol. The minimum Gasteiger partial charge on any atom is -0.507 e. The molecule has 7 nitrogen and oxygen atoms in total. The molecule has 2 aliphatic heterocycles. The zero-order valence-corrected chi connectivity index (χ0v) is 97.6. The summed E-state index contributed by atoms with van der Waals surface area (Å²) in [5.41, 5.74) is 23.2. The highest BCUT2D eigenvalue weighted by Crippen LogP contribution is 2.69. The van der Waals surface area contributed by atoms with Gasteiger partial charge < -0.3 is 35.0 Å². The van der Waals surface area contributed by atoms with Gasteiger partial charge in [-0.25, -0.2) is 0 Å². The van der Waals surface area contributed by atoms with Gasteiger partial charge in [-0.15, -0.1) is 0 Å². The fourth-order valence-corrected chi connectivity index (χ4v) is 28.0. The molecule has 7 heteroatoms. The van der Waals surface area contributed by atoms with Gasteiger partial charge in [0.2, 0.25) is 0 Å². The number of aromatic hydroxyl groups is 2. The molecule has 2 heterocycles. The maximum Gasteiger partial charge on any atom is 0.127 e. The molecule has 6 saturated carbocycles. The number of ether oxygens (including phenoxy) is 2. The number of allylic oxidation sites excluding steroid dienone is 18. The second-order valence-electron chi connectivity index (χ2n) is 52.8. The maximum atomic E-state index is 10.4. The number of phenols is 2. The molecule has 0 spiro atoms. The van der Waals surface area contributed by atoms with Gasteiger partial charge in [0.1, 0.15) is 34.2 Å². The number of fused-ring (bicyclic) bond motifs is 8. The summed E-state index contributed by atoms with van der Waals surface area (Å²) in [5.74, 6) is 15.0. The van der Waals surface area contributed by atoms with Crippen LogP contribution in [0.4, 0.5) is 0 Å². The van der Waals surface area contributed by atoms with Crippen molar-refractivity contribution in [2.75, 3.05) is 6.61 Å². The van der Waals surface area contributed by atoms with Crippen LogP contribution in [0.1, 0.15) is 488 Å². The average molecular weight is 1940 g/mol. The molecule has 6 fully saturated rings. The van der Waals surface area contributed by atoms with Crippen LogP contribution in [0.2, 0.25) is 0 Å². The van der Waals surface area contributed by atoms with Crippen LogP contribution in [0.25, 0.3) is 0 Å². The number of rotatable bonds is 39. The molecule has 5 N–H and O–H groups in total. The van der Waals surface area contributed by atoms with E-state index in [4.69, 9.17) is 14.6 Å². The van der Waals surface area contributed by atoms with Crippen LogP contribution in [0, 0.1) is 157 Å². The van der Waals surface area contributed by atoms with Gasteiger partial charge in [-0.05, 0) is 403 Å². The molecule has 19 atom stereocenters. The lowest BCUT2D eigenvalue weighted by molar-refractivity contribution is 0.0341. The van der Waals surface area contributed by atoms with Crippen LogP contribution in [0.15, 0.2) is 130 Å². The minimum atomic E-state index is -0.181. The lowest BCUT2D eigenvalue weighted by Crippen LogP contribution is -2.46. The van der Waals surface area contributed by atoms with Crippen molar-refractivity contribution >= 4 is 0 Å². The summed E-state index contributed by atoms with van der Waals surface area (Å²) >= 11 is 0. The summed E-state index contributed by atoms with van der Waals surface area (Å²) in [7, 11) is 0. The Morgan fingerprint density at radius 1 is 0.468 bits per heavy atom. The summed E-state index contributed by atoms with van der Waals surface area (Å²) in [6.07, 6.45) is 80.8. The molecule has 0 amide bonds. The van der Waals surface area contributed by atoms with E-state index in [1.807, 2.05) is 46.8 Å². The molecule has 0 aromatic heterocycles. The largest absolute Gasteiger partial charge is 0.507 e. The molecule has 798 valence electrons. The number of aliphatic hydroxyl groups excluding tert-OH is 3. The minimum absolute atomic E-state index is 0.0712. The summed E-state index contributed by atoms with van der Waals surface area (Å²) in [6, 6.07) is 0. The molecule has 10 aliphatic rings. The number of benzene rings is 2. The Bertz CT molecular complexity index is 4480. The topological polar surface area (TPSA) is 120 Å². The average Bonchev–Trinajstić information content (AvgIpc) is 1.54. The van der Waals surface area contributed by atoms with Gasteiger partial charge in [0.25, 0.3) is 0 Å². The van der Waals surface area contributed by atoms with Gasteiger partial charge in [0, 0.05) is 11.1 Å². The zero-order valence-electron chi connectivity index (χ0n) is 97.6. The number of phenolic OH excluding ortho intramolecular Hbond substituents is 2. The molecular formula is C134H220O7. The Balaban J connectivity index is 0.000000217. The molecule has 0 saturated heterocycles. The van der Waals surface area contributed by atoms with Crippen molar-refractivity contribution in [1.29, 1.82) is 0 Å². The van der Waals surface area contributed by atoms with Gasteiger partial charge in [-0.2, -0.15) is 0 Å². The highest BCUT2D eigenvalue weighted by atomic mass is 16.5. The van der Waals surface area contributed by atoms with Crippen molar-refractivity contribution in [2.45, 2.75) is 521 Å². The molecule has 2 unspecified atom stereocenters. The van der Waals surface area contributed by atoms with Gasteiger partial charge >= 0.3 is 0 Å². The van der Waals surface area contributed by atoms with E-state index in [-0.39, 0.29) is 30.0 Å². The predicted octanol–water partition coefficient (Wildman–Crippen LogP) is 38.5. The maximum absolute atomic E-state index is 10.4. The summed E-state index contributed by atoms with van der Waals surface area (Å²) in [5, 5.41) is 49.9. The van der Waals surface area contributed by atoms with E-state index in [2.05, 4.69) is 248 Å². The van der Waals surface area contributed by atoms with Crippen LogP contribution in [0.5, 0.6) is 23.0 Å². The van der Waals surface area contributed by atoms with Gasteiger partial charge in [-0.3, -0.25) is 0 Å². The monoisotopic (exact) mass is 1940 g/mol. The van der Waals surface area contributed by atoms with Crippen LogP contribution in [0.3, 0.4) is 0 Å². The molecule has 12 rings (SSSR count). The van der Waals surface area contributed by atoms with E-state index in [1.54, 1.807) is 17.2 Å².